The molecule has 2 aliphatic heterocycles. The molecule has 4 rings (SSSR count). The average Bonchev–Trinajstić information content (AvgIpc) is 3.14. The Morgan fingerprint density at radius 3 is 2.73 bits per heavy atom. The fraction of sp³-hybridized carbons (Fsp3) is 0.364. The largest absolute Gasteiger partial charge is 0.497 e. The first-order valence-electron chi connectivity index (χ1n) is 9.72. The first-order valence-corrected chi connectivity index (χ1v) is 11.5. The minimum absolute atomic E-state index is 0.0264. The van der Waals surface area contributed by atoms with E-state index in [9.17, 15) is 4.79 Å². The van der Waals surface area contributed by atoms with E-state index in [4.69, 9.17) is 33.3 Å². The number of halogens is 1. The topological polar surface area (TPSA) is 50.8 Å². The molecular weight excluding hydrogens is 440 g/mol. The van der Waals surface area contributed by atoms with Gasteiger partial charge in [-0.2, -0.15) is 0 Å². The van der Waals surface area contributed by atoms with Gasteiger partial charge < -0.3 is 19.7 Å². The van der Waals surface area contributed by atoms with E-state index in [1.54, 1.807) is 7.11 Å². The Hall–Kier alpha value is -1.96. The van der Waals surface area contributed by atoms with E-state index in [1.807, 2.05) is 18.2 Å². The Labute approximate surface area is 191 Å². The van der Waals surface area contributed by atoms with Crippen LogP contribution in [0.5, 0.6) is 5.75 Å². The predicted molar refractivity (Wildman–Crippen MR) is 126 cm³/mol. The van der Waals surface area contributed by atoms with E-state index in [0.29, 0.717) is 10.2 Å². The molecule has 2 aliphatic rings. The maximum Gasteiger partial charge on any atom is 0.316 e. The number of esters is 1. The van der Waals surface area contributed by atoms with Crippen molar-refractivity contribution in [3.63, 3.8) is 0 Å². The van der Waals surface area contributed by atoms with E-state index in [2.05, 4.69) is 34.5 Å². The van der Waals surface area contributed by atoms with Crippen molar-refractivity contribution >= 4 is 51.6 Å². The van der Waals surface area contributed by atoms with Gasteiger partial charge in [-0.15, -0.1) is 0 Å². The van der Waals surface area contributed by atoms with Crippen LogP contribution in [0.15, 0.2) is 42.5 Å². The number of ether oxygens (including phenoxy) is 2. The first-order chi connectivity index (χ1) is 14.5. The molecule has 2 aromatic rings. The lowest BCUT2D eigenvalue weighted by molar-refractivity contribution is -0.137. The molecule has 0 aromatic heterocycles. The number of benzene rings is 2. The molecule has 0 aliphatic carbocycles. The maximum atomic E-state index is 11.6. The van der Waals surface area contributed by atoms with Gasteiger partial charge in [0.15, 0.2) is 0 Å². The number of hydrogen-bond donors (Lipinski definition) is 1. The highest BCUT2D eigenvalue weighted by Crippen LogP contribution is 2.49. The maximum absolute atomic E-state index is 11.6. The van der Waals surface area contributed by atoms with Gasteiger partial charge in [-0.3, -0.25) is 4.79 Å². The summed E-state index contributed by atoms with van der Waals surface area (Å²) in [5, 5.41) is 4.46. The Kier molecular flexibility index (Phi) is 6.41. The molecule has 1 fully saturated rings. The molecule has 0 amide bonds. The minimum atomic E-state index is -0.278. The third kappa shape index (κ3) is 4.11. The molecule has 3 unspecified atom stereocenters. The molecule has 158 valence electrons. The quantitative estimate of drug-likeness (QED) is 0.514. The van der Waals surface area contributed by atoms with Crippen molar-refractivity contribution in [1.82, 2.24) is 4.90 Å². The van der Waals surface area contributed by atoms with Crippen molar-refractivity contribution in [3.05, 3.63) is 58.6 Å². The third-order valence-electron chi connectivity index (χ3n) is 5.76. The molecule has 2 heterocycles. The second-order valence-electron chi connectivity index (χ2n) is 7.34. The number of fused-ring (bicyclic) bond motifs is 3. The first kappa shape index (κ1) is 21.3. The molecule has 3 atom stereocenters. The van der Waals surface area contributed by atoms with Crippen LogP contribution in [-0.4, -0.2) is 47.7 Å². The molecule has 8 heteroatoms. The normalized spacial score (nSPS) is 22.0. The van der Waals surface area contributed by atoms with Gasteiger partial charge in [-0.25, -0.2) is 0 Å². The van der Waals surface area contributed by atoms with Crippen molar-refractivity contribution < 1.29 is 14.3 Å². The fourth-order valence-corrected chi connectivity index (χ4v) is 5.64. The van der Waals surface area contributed by atoms with E-state index < -0.39 is 0 Å². The van der Waals surface area contributed by atoms with Gasteiger partial charge in [-0.05, 0) is 47.9 Å². The van der Waals surface area contributed by atoms with Gasteiger partial charge in [0.2, 0.25) is 0 Å². The summed E-state index contributed by atoms with van der Waals surface area (Å²) >= 11 is 13.4. The standard InChI is InChI=1S/C22H23ClN2O3S2/c1-27-15-6-3-13(4-7-15)21-20-16(17-11-14(23)5-8-18(17)24-20)9-10-25(21)22(29)30-12-19(26)28-2/h3-8,11,16,20-21,24H,9-10,12H2,1-2H3. The van der Waals surface area contributed by atoms with Gasteiger partial charge in [0.25, 0.3) is 0 Å². The molecule has 0 saturated carbocycles. The summed E-state index contributed by atoms with van der Waals surface area (Å²) in [7, 11) is 3.05. The summed E-state index contributed by atoms with van der Waals surface area (Å²) in [6, 6.07) is 14.3. The van der Waals surface area contributed by atoms with E-state index in [-0.39, 0.29) is 23.8 Å². The van der Waals surface area contributed by atoms with Crippen LogP contribution in [0.2, 0.25) is 5.02 Å². The van der Waals surface area contributed by atoms with Gasteiger partial charge >= 0.3 is 5.97 Å². The smallest absolute Gasteiger partial charge is 0.316 e. The number of thiocarbonyl (C=S) groups is 1. The molecule has 5 nitrogen and oxygen atoms in total. The molecule has 2 aromatic carbocycles. The molecule has 0 spiro atoms. The number of nitrogens with one attached hydrogen (secondary N) is 1. The monoisotopic (exact) mass is 462 g/mol. The number of hydrogen-bond acceptors (Lipinski definition) is 6. The second kappa shape index (κ2) is 9.04. The Morgan fingerprint density at radius 1 is 1.27 bits per heavy atom. The molecule has 1 N–H and O–H groups in total. The lowest BCUT2D eigenvalue weighted by Gasteiger charge is -2.44. The summed E-state index contributed by atoms with van der Waals surface area (Å²) in [6.45, 7) is 0.804. The summed E-state index contributed by atoms with van der Waals surface area (Å²) < 4.78 is 10.8. The fourth-order valence-electron chi connectivity index (χ4n) is 4.35. The third-order valence-corrected chi connectivity index (χ3v) is 7.44. The van der Waals surface area contributed by atoms with Crippen LogP contribution in [0, 0.1) is 0 Å². The van der Waals surface area contributed by atoms with E-state index in [0.717, 1.165) is 35.0 Å². The van der Waals surface area contributed by atoms with Gasteiger partial charge in [0, 0.05) is 23.2 Å². The molecule has 1 saturated heterocycles. The zero-order chi connectivity index (χ0) is 21.3. The number of likely N-dealkylation sites (tertiary alicyclic amines) is 1. The average molecular weight is 463 g/mol. The van der Waals surface area contributed by atoms with E-state index >= 15 is 0 Å². The highest BCUT2D eigenvalue weighted by Gasteiger charge is 2.45. The van der Waals surface area contributed by atoms with Crippen molar-refractivity contribution in [2.75, 3.05) is 31.8 Å². The van der Waals surface area contributed by atoms with Crippen molar-refractivity contribution in [2.24, 2.45) is 0 Å². The SMILES string of the molecule is COC(=O)CSC(=S)N1CCC2c3cc(Cl)ccc3NC2C1c1ccc(OC)cc1. The number of piperidine rings is 1. The Morgan fingerprint density at radius 2 is 2.03 bits per heavy atom. The van der Waals surface area contributed by atoms with Gasteiger partial charge in [0.05, 0.1) is 32.1 Å². The van der Waals surface area contributed by atoms with Crippen molar-refractivity contribution in [2.45, 2.75) is 24.4 Å². The van der Waals surface area contributed by atoms with E-state index in [1.165, 1.54) is 24.4 Å². The Balaban J connectivity index is 1.66. The number of thioether (sulfide) groups is 1. The zero-order valence-electron chi connectivity index (χ0n) is 16.8. The van der Waals surface area contributed by atoms with Crippen molar-refractivity contribution in [1.29, 1.82) is 0 Å². The zero-order valence-corrected chi connectivity index (χ0v) is 19.2. The summed E-state index contributed by atoms with van der Waals surface area (Å²) in [6.07, 6.45) is 0.955. The number of carbonyl (C=O) groups is 1. The van der Waals surface area contributed by atoms with Crippen LogP contribution in [-0.2, 0) is 9.53 Å². The molecule has 0 bridgehead atoms. The number of methoxy groups -OCH3 is 2. The highest BCUT2D eigenvalue weighted by atomic mass is 35.5. The number of anilines is 1. The minimum Gasteiger partial charge on any atom is -0.497 e. The number of rotatable bonds is 4. The Bertz CT molecular complexity index is 954. The van der Waals surface area contributed by atoms with Crippen molar-refractivity contribution in [3.8, 4) is 5.75 Å². The van der Waals surface area contributed by atoms with Crippen LogP contribution in [0.3, 0.4) is 0 Å². The molecular formula is C22H23ClN2O3S2. The number of nitrogens with zero attached hydrogens (tertiary/aromatic N) is 1. The van der Waals surface area contributed by atoms with Crippen LogP contribution in [0.1, 0.15) is 29.5 Å². The van der Waals surface area contributed by atoms with Gasteiger partial charge in [0.1, 0.15) is 10.1 Å². The van der Waals surface area contributed by atoms with Gasteiger partial charge in [-0.1, -0.05) is 47.7 Å². The van der Waals surface area contributed by atoms with Crippen LogP contribution in [0.25, 0.3) is 0 Å². The van der Waals surface area contributed by atoms with Crippen LogP contribution in [0.4, 0.5) is 5.69 Å². The number of carbonyl (C=O) groups excluding carboxylic acids is 1. The lowest BCUT2D eigenvalue weighted by atomic mass is 9.81. The molecule has 0 radical (unpaired) electrons. The second-order valence-corrected chi connectivity index (χ2v) is 9.38. The summed E-state index contributed by atoms with van der Waals surface area (Å²) in [4.78, 5) is 13.9. The highest BCUT2D eigenvalue weighted by molar-refractivity contribution is 8.23. The van der Waals surface area contributed by atoms with Crippen LogP contribution < -0.4 is 10.1 Å². The lowest BCUT2D eigenvalue weighted by Crippen LogP contribution is -2.48. The summed E-state index contributed by atoms with van der Waals surface area (Å²) in [5.41, 5.74) is 3.54. The summed E-state index contributed by atoms with van der Waals surface area (Å²) in [5.74, 6) is 1.09. The molecule has 30 heavy (non-hydrogen) atoms. The predicted octanol–water partition coefficient (Wildman–Crippen LogP) is 4.86. The van der Waals surface area contributed by atoms with Crippen LogP contribution >= 0.6 is 35.6 Å².